The number of benzene rings is 1. The molecule has 0 saturated heterocycles. The summed E-state index contributed by atoms with van der Waals surface area (Å²) in [5.41, 5.74) is 7.64. The first-order valence-electron chi connectivity index (χ1n) is 5.77. The molecule has 3 rings (SSSR count). The molecule has 0 radical (unpaired) electrons. The van der Waals surface area contributed by atoms with Crippen molar-refractivity contribution in [2.75, 3.05) is 0 Å². The van der Waals surface area contributed by atoms with E-state index in [1.807, 2.05) is 0 Å². The number of fused-ring (bicyclic) bond motifs is 2. The van der Waals surface area contributed by atoms with Crippen LogP contribution in [0.5, 0.6) is 0 Å². The van der Waals surface area contributed by atoms with E-state index in [1.54, 1.807) is 11.1 Å². The molecule has 1 heteroatoms. The van der Waals surface area contributed by atoms with Crippen molar-refractivity contribution in [2.24, 2.45) is 0 Å². The minimum absolute atomic E-state index is 1.12. The maximum atomic E-state index is 3.81. The van der Waals surface area contributed by atoms with Crippen LogP contribution in [0.25, 0.3) is 5.57 Å². The summed E-state index contributed by atoms with van der Waals surface area (Å²) in [5, 5.41) is 0. The number of rotatable bonds is 0. The standard InChI is InChI=1S/C14H15Br/c1-9-6-7-12-13(9)8-10-4-2-3-5-11(10)14(12)15/h6,8H,2-5,7H2,1H3. The molecule has 78 valence electrons. The smallest absolute Gasteiger partial charge is 0.0251 e. The van der Waals surface area contributed by atoms with Gasteiger partial charge in [0.2, 0.25) is 0 Å². The Balaban J connectivity index is 2.23. The zero-order valence-corrected chi connectivity index (χ0v) is 10.7. The van der Waals surface area contributed by atoms with Gasteiger partial charge in [0, 0.05) is 4.47 Å². The lowest BCUT2D eigenvalue weighted by Crippen LogP contribution is -2.06. The Morgan fingerprint density at radius 3 is 2.80 bits per heavy atom. The predicted octanol–water partition coefficient (Wildman–Crippen LogP) is 4.29. The number of allylic oxidation sites excluding steroid dienone is 2. The van der Waals surface area contributed by atoms with Crippen molar-refractivity contribution in [1.82, 2.24) is 0 Å². The van der Waals surface area contributed by atoms with Gasteiger partial charge in [0.15, 0.2) is 0 Å². The van der Waals surface area contributed by atoms with Crippen molar-refractivity contribution in [3.63, 3.8) is 0 Å². The monoisotopic (exact) mass is 262 g/mol. The summed E-state index contributed by atoms with van der Waals surface area (Å²) in [6.45, 7) is 2.23. The quantitative estimate of drug-likeness (QED) is 0.655. The van der Waals surface area contributed by atoms with Gasteiger partial charge in [0.25, 0.3) is 0 Å². The van der Waals surface area contributed by atoms with Gasteiger partial charge in [-0.3, -0.25) is 0 Å². The molecule has 15 heavy (non-hydrogen) atoms. The molecule has 0 N–H and O–H groups in total. The van der Waals surface area contributed by atoms with E-state index in [0.29, 0.717) is 0 Å². The minimum Gasteiger partial charge on any atom is -0.0765 e. The Hall–Kier alpha value is -0.560. The van der Waals surface area contributed by atoms with E-state index in [9.17, 15) is 0 Å². The second kappa shape index (κ2) is 3.48. The fourth-order valence-electron chi connectivity index (χ4n) is 2.82. The number of hydrogen-bond acceptors (Lipinski definition) is 0. The van der Waals surface area contributed by atoms with Crippen molar-refractivity contribution in [3.05, 3.63) is 38.9 Å². The SMILES string of the molecule is CC1=CCc2c1cc1c(c2Br)CCCC1. The zero-order chi connectivity index (χ0) is 10.4. The molecule has 1 aromatic rings. The Morgan fingerprint density at radius 1 is 1.13 bits per heavy atom. The van der Waals surface area contributed by atoms with Crippen LogP contribution in [0.1, 0.15) is 42.0 Å². The third-order valence-electron chi connectivity index (χ3n) is 3.72. The van der Waals surface area contributed by atoms with Crippen LogP contribution in [0.15, 0.2) is 16.6 Å². The van der Waals surface area contributed by atoms with Crippen molar-refractivity contribution in [1.29, 1.82) is 0 Å². The summed E-state index contributed by atoms with van der Waals surface area (Å²) in [4.78, 5) is 0. The van der Waals surface area contributed by atoms with Crippen LogP contribution in [-0.2, 0) is 19.3 Å². The molecule has 0 bridgehead atoms. The van der Waals surface area contributed by atoms with Gasteiger partial charge in [-0.15, -0.1) is 0 Å². The van der Waals surface area contributed by atoms with Gasteiger partial charge in [-0.2, -0.15) is 0 Å². The molecular formula is C14H15Br. The summed E-state index contributed by atoms with van der Waals surface area (Å²) in [7, 11) is 0. The molecule has 0 nitrogen and oxygen atoms in total. The summed E-state index contributed by atoms with van der Waals surface area (Å²) in [6, 6.07) is 2.44. The van der Waals surface area contributed by atoms with Crippen molar-refractivity contribution < 1.29 is 0 Å². The first-order valence-corrected chi connectivity index (χ1v) is 6.57. The summed E-state index contributed by atoms with van der Waals surface area (Å²) >= 11 is 3.81. The van der Waals surface area contributed by atoms with Crippen LogP contribution in [0.2, 0.25) is 0 Å². The second-order valence-corrected chi connectivity index (χ2v) is 5.45. The van der Waals surface area contributed by atoms with Crippen LogP contribution in [-0.4, -0.2) is 0 Å². The molecule has 0 amide bonds. The maximum Gasteiger partial charge on any atom is 0.0251 e. The van der Waals surface area contributed by atoms with Gasteiger partial charge < -0.3 is 0 Å². The Morgan fingerprint density at radius 2 is 1.93 bits per heavy atom. The lowest BCUT2D eigenvalue weighted by molar-refractivity contribution is 0.682. The third kappa shape index (κ3) is 1.40. The van der Waals surface area contributed by atoms with Gasteiger partial charge in [0.05, 0.1) is 0 Å². The third-order valence-corrected chi connectivity index (χ3v) is 4.68. The molecule has 0 saturated carbocycles. The Bertz CT molecular complexity index is 451. The second-order valence-electron chi connectivity index (χ2n) is 4.65. The zero-order valence-electron chi connectivity index (χ0n) is 9.07. The van der Waals surface area contributed by atoms with Crippen LogP contribution in [0, 0.1) is 0 Å². The highest BCUT2D eigenvalue weighted by Gasteiger charge is 2.21. The molecule has 0 spiro atoms. The van der Waals surface area contributed by atoms with E-state index in [4.69, 9.17) is 0 Å². The van der Waals surface area contributed by atoms with E-state index in [2.05, 4.69) is 35.0 Å². The summed E-state index contributed by atoms with van der Waals surface area (Å²) in [5.74, 6) is 0. The average Bonchev–Trinajstić information content (AvgIpc) is 2.62. The molecule has 0 aliphatic heterocycles. The van der Waals surface area contributed by atoms with E-state index in [-0.39, 0.29) is 0 Å². The molecule has 2 aliphatic carbocycles. The predicted molar refractivity (Wildman–Crippen MR) is 68.1 cm³/mol. The molecular weight excluding hydrogens is 248 g/mol. The van der Waals surface area contributed by atoms with Gasteiger partial charge in [0.1, 0.15) is 0 Å². The number of aryl methyl sites for hydroxylation is 1. The topological polar surface area (TPSA) is 0 Å². The highest BCUT2D eigenvalue weighted by molar-refractivity contribution is 9.10. The number of halogens is 1. The van der Waals surface area contributed by atoms with Gasteiger partial charge >= 0.3 is 0 Å². The van der Waals surface area contributed by atoms with E-state index >= 15 is 0 Å². The van der Waals surface area contributed by atoms with Gasteiger partial charge in [-0.05, 0) is 66.9 Å². The van der Waals surface area contributed by atoms with Crippen LogP contribution in [0.4, 0.5) is 0 Å². The largest absolute Gasteiger partial charge is 0.0765 e. The van der Waals surface area contributed by atoms with E-state index in [0.717, 1.165) is 6.42 Å². The fraction of sp³-hybridized carbons (Fsp3) is 0.429. The molecule has 2 aliphatic rings. The Kier molecular flexibility index (Phi) is 2.24. The highest BCUT2D eigenvalue weighted by Crippen LogP contribution is 2.39. The molecule has 0 heterocycles. The van der Waals surface area contributed by atoms with Crippen LogP contribution < -0.4 is 0 Å². The summed E-state index contributed by atoms with van der Waals surface area (Å²) in [6.07, 6.45) is 8.73. The molecule has 0 fully saturated rings. The first-order chi connectivity index (χ1) is 7.27. The lowest BCUT2D eigenvalue weighted by Gasteiger charge is -2.20. The lowest BCUT2D eigenvalue weighted by atomic mass is 9.88. The molecule has 1 aromatic carbocycles. The van der Waals surface area contributed by atoms with Gasteiger partial charge in [-0.1, -0.05) is 28.1 Å². The van der Waals surface area contributed by atoms with E-state index in [1.165, 1.54) is 46.9 Å². The maximum absolute atomic E-state index is 3.81. The average molecular weight is 263 g/mol. The van der Waals surface area contributed by atoms with Crippen molar-refractivity contribution in [3.8, 4) is 0 Å². The first kappa shape index (κ1) is 9.65. The van der Waals surface area contributed by atoms with Crippen molar-refractivity contribution in [2.45, 2.75) is 39.0 Å². The fourth-order valence-corrected chi connectivity index (χ4v) is 3.65. The highest BCUT2D eigenvalue weighted by atomic mass is 79.9. The van der Waals surface area contributed by atoms with Crippen LogP contribution >= 0.6 is 15.9 Å². The summed E-state index contributed by atoms with van der Waals surface area (Å²) < 4.78 is 1.41. The van der Waals surface area contributed by atoms with E-state index < -0.39 is 0 Å². The normalized spacial score (nSPS) is 18.4. The van der Waals surface area contributed by atoms with Crippen LogP contribution in [0.3, 0.4) is 0 Å². The minimum atomic E-state index is 1.12. The Labute approximate surface area is 99.5 Å². The molecule has 0 aromatic heterocycles. The number of hydrogen-bond donors (Lipinski definition) is 0. The molecule has 0 atom stereocenters. The van der Waals surface area contributed by atoms with Gasteiger partial charge in [-0.25, -0.2) is 0 Å². The molecule has 0 unspecified atom stereocenters. The van der Waals surface area contributed by atoms with Crippen molar-refractivity contribution >= 4 is 21.5 Å².